The molecule has 0 radical (unpaired) electrons. The first-order valence-corrected chi connectivity index (χ1v) is 11.7. The number of fused-ring (bicyclic) bond motifs is 1. The normalized spacial score (nSPS) is 18.2. The van der Waals surface area contributed by atoms with Crippen molar-refractivity contribution in [2.24, 2.45) is 5.92 Å². The van der Waals surface area contributed by atoms with Gasteiger partial charge < -0.3 is 10.5 Å². The standard InChI is InChI=1S/C28H24ClFN2O2/c29-23-15-17(10-14-25(33)34)9-12-21(23)27(20-11-13-24-22(16-20)28(30)32-31-24)26(19-7-4-8-19)18-5-2-1-3-6-18/h1-3,5-6,9-16,19,28,31-32H,4,7-8H2,(H,33,34)/b14-10+,27-26+. The second kappa shape index (κ2) is 9.45. The molecule has 0 amide bonds. The number of hydrazine groups is 1. The van der Waals surface area contributed by atoms with Crippen LogP contribution < -0.4 is 10.9 Å². The highest BCUT2D eigenvalue weighted by Gasteiger charge is 2.29. The Morgan fingerprint density at radius 3 is 2.50 bits per heavy atom. The molecule has 1 unspecified atom stereocenters. The fourth-order valence-corrected chi connectivity index (χ4v) is 4.90. The minimum atomic E-state index is -1.29. The highest BCUT2D eigenvalue weighted by molar-refractivity contribution is 6.33. The maximum atomic E-state index is 14.5. The maximum absolute atomic E-state index is 14.5. The first-order valence-electron chi connectivity index (χ1n) is 11.3. The molecule has 0 aromatic heterocycles. The quantitative estimate of drug-likeness (QED) is 0.202. The summed E-state index contributed by atoms with van der Waals surface area (Å²) in [6.45, 7) is 0. The predicted octanol–water partition coefficient (Wildman–Crippen LogP) is 7.10. The van der Waals surface area contributed by atoms with E-state index in [0.29, 0.717) is 22.1 Å². The Morgan fingerprint density at radius 2 is 1.82 bits per heavy atom. The van der Waals surface area contributed by atoms with Crippen LogP contribution in [-0.2, 0) is 4.79 Å². The number of carboxylic acids is 1. The lowest BCUT2D eigenvalue weighted by Gasteiger charge is -2.32. The lowest BCUT2D eigenvalue weighted by atomic mass is 9.73. The number of rotatable bonds is 6. The van der Waals surface area contributed by atoms with Gasteiger partial charge in [-0.05, 0) is 70.9 Å². The van der Waals surface area contributed by atoms with E-state index in [0.717, 1.165) is 46.9 Å². The van der Waals surface area contributed by atoms with Gasteiger partial charge in [0.2, 0.25) is 0 Å². The molecule has 3 aromatic rings. The third-order valence-corrected chi connectivity index (χ3v) is 6.81. The lowest BCUT2D eigenvalue weighted by Crippen LogP contribution is -2.15. The molecular formula is C28H24ClFN2O2. The van der Waals surface area contributed by atoms with Crippen molar-refractivity contribution >= 4 is 40.5 Å². The van der Waals surface area contributed by atoms with Crippen LogP contribution in [0.15, 0.2) is 72.8 Å². The summed E-state index contributed by atoms with van der Waals surface area (Å²) < 4.78 is 14.5. The first kappa shape index (κ1) is 22.4. The fourth-order valence-electron chi connectivity index (χ4n) is 4.62. The molecule has 1 atom stereocenters. The molecule has 2 aliphatic rings. The highest BCUT2D eigenvalue weighted by atomic mass is 35.5. The van der Waals surface area contributed by atoms with Gasteiger partial charge in [0.15, 0.2) is 6.30 Å². The molecule has 1 fully saturated rings. The van der Waals surface area contributed by atoms with Crippen LogP contribution in [0.4, 0.5) is 10.1 Å². The monoisotopic (exact) mass is 474 g/mol. The average molecular weight is 475 g/mol. The Labute approximate surface area is 202 Å². The third kappa shape index (κ3) is 4.37. The molecule has 172 valence electrons. The van der Waals surface area contributed by atoms with Gasteiger partial charge in [-0.15, -0.1) is 0 Å². The van der Waals surface area contributed by atoms with Crippen molar-refractivity contribution in [3.05, 3.63) is 106 Å². The number of carboxylic acid groups (broad SMARTS) is 1. The van der Waals surface area contributed by atoms with Crippen molar-refractivity contribution in [1.82, 2.24) is 5.43 Å². The number of allylic oxidation sites excluding steroid dienone is 1. The average Bonchev–Trinajstić information content (AvgIpc) is 3.18. The molecule has 6 heteroatoms. The number of alkyl halides is 1. The van der Waals surface area contributed by atoms with Crippen LogP contribution in [0.2, 0.25) is 5.02 Å². The third-order valence-electron chi connectivity index (χ3n) is 6.50. The van der Waals surface area contributed by atoms with Gasteiger partial charge in [-0.2, -0.15) is 0 Å². The molecule has 5 rings (SSSR count). The van der Waals surface area contributed by atoms with E-state index >= 15 is 0 Å². The van der Waals surface area contributed by atoms with Gasteiger partial charge in [-0.3, -0.25) is 0 Å². The van der Waals surface area contributed by atoms with Crippen molar-refractivity contribution in [3.8, 4) is 0 Å². The fraction of sp³-hybridized carbons (Fsp3) is 0.179. The summed E-state index contributed by atoms with van der Waals surface area (Å²) in [5.74, 6) is -0.635. The van der Waals surface area contributed by atoms with Crippen LogP contribution in [0.25, 0.3) is 17.2 Å². The summed E-state index contributed by atoms with van der Waals surface area (Å²) >= 11 is 6.82. The molecular weight excluding hydrogens is 451 g/mol. The zero-order chi connectivity index (χ0) is 23.7. The molecule has 1 aliphatic heterocycles. The highest BCUT2D eigenvalue weighted by Crippen LogP contribution is 2.47. The Bertz CT molecular complexity index is 1300. The van der Waals surface area contributed by atoms with E-state index in [1.54, 1.807) is 6.07 Å². The molecule has 1 heterocycles. The van der Waals surface area contributed by atoms with Gasteiger partial charge in [0.1, 0.15) is 0 Å². The molecule has 34 heavy (non-hydrogen) atoms. The van der Waals surface area contributed by atoms with Crippen LogP contribution in [0, 0.1) is 5.92 Å². The van der Waals surface area contributed by atoms with Crippen molar-refractivity contribution in [2.75, 3.05) is 5.43 Å². The SMILES string of the molecule is O=C(O)/C=C/c1ccc(/C(=C(\c2ccccc2)C2CCC2)c2ccc3c(c2)C(F)NN3)c(Cl)c1. The zero-order valence-electron chi connectivity index (χ0n) is 18.4. The summed E-state index contributed by atoms with van der Waals surface area (Å²) in [5.41, 5.74) is 12.5. The van der Waals surface area contributed by atoms with E-state index in [2.05, 4.69) is 23.0 Å². The molecule has 1 saturated carbocycles. The molecule has 0 saturated heterocycles. The zero-order valence-corrected chi connectivity index (χ0v) is 19.1. The van der Waals surface area contributed by atoms with E-state index in [-0.39, 0.29) is 0 Å². The van der Waals surface area contributed by atoms with Gasteiger partial charge in [0.25, 0.3) is 0 Å². The van der Waals surface area contributed by atoms with Crippen LogP contribution in [0.1, 0.15) is 53.4 Å². The Balaban J connectivity index is 1.74. The van der Waals surface area contributed by atoms with Crippen molar-refractivity contribution in [3.63, 3.8) is 0 Å². The lowest BCUT2D eigenvalue weighted by molar-refractivity contribution is -0.131. The molecule has 1 aliphatic carbocycles. The molecule has 0 spiro atoms. The van der Waals surface area contributed by atoms with E-state index < -0.39 is 12.3 Å². The Kier molecular flexibility index (Phi) is 6.22. The van der Waals surface area contributed by atoms with Gasteiger partial charge in [-0.25, -0.2) is 14.6 Å². The van der Waals surface area contributed by atoms with Gasteiger partial charge in [0.05, 0.1) is 5.69 Å². The van der Waals surface area contributed by atoms with E-state index in [4.69, 9.17) is 16.7 Å². The smallest absolute Gasteiger partial charge is 0.328 e. The minimum Gasteiger partial charge on any atom is -0.478 e. The largest absolute Gasteiger partial charge is 0.478 e. The van der Waals surface area contributed by atoms with E-state index in [9.17, 15) is 9.18 Å². The van der Waals surface area contributed by atoms with Crippen molar-refractivity contribution < 1.29 is 14.3 Å². The van der Waals surface area contributed by atoms with E-state index in [1.165, 1.54) is 18.1 Å². The topological polar surface area (TPSA) is 61.4 Å². The number of anilines is 1. The predicted molar refractivity (Wildman–Crippen MR) is 135 cm³/mol. The molecule has 4 nitrogen and oxygen atoms in total. The van der Waals surface area contributed by atoms with Crippen LogP contribution in [0.5, 0.6) is 0 Å². The summed E-state index contributed by atoms with van der Waals surface area (Å²) in [4.78, 5) is 10.9. The van der Waals surface area contributed by atoms with E-state index in [1.807, 2.05) is 48.5 Å². The van der Waals surface area contributed by atoms with Gasteiger partial charge >= 0.3 is 5.97 Å². The summed E-state index contributed by atoms with van der Waals surface area (Å²) in [5, 5.41) is 9.48. The number of halogens is 2. The van der Waals surface area contributed by atoms with Gasteiger partial charge in [-0.1, -0.05) is 66.6 Å². The van der Waals surface area contributed by atoms with Crippen molar-refractivity contribution in [2.45, 2.75) is 25.6 Å². The van der Waals surface area contributed by atoms with Crippen LogP contribution >= 0.6 is 11.6 Å². The summed E-state index contributed by atoms with van der Waals surface area (Å²) in [7, 11) is 0. The number of hydrogen-bond donors (Lipinski definition) is 3. The Hall–Kier alpha value is -3.41. The molecule has 3 N–H and O–H groups in total. The summed E-state index contributed by atoms with van der Waals surface area (Å²) in [6.07, 6.45) is 4.67. The number of carbonyl (C=O) groups is 1. The van der Waals surface area contributed by atoms with Crippen molar-refractivity contribution in [1.29, 1.82) is 0 Å². The molecule has 0 bridgehead atoms. The first-order chi connectivity index (χ1) is 16.5. The van der Waals surface area contributed by atoms with Gasteiger partial charge in [0, 0.05) is 22.2 Å². The summed E-state index contributed by atoms with van der Waals surface area (Å²) in [6, 6.07) is 21.6. The number of hydrogen-bond acceptors (Lipinski definition) is 3. The minimum absolute atomic E-state index is 0.380. The number of aliphatic carboxylic acids is 1. The second-order valence-electron chi connectivity index (χ2n) is 8.63. The van der Waals surface area contributed by atoms with Crippen LogP contribution in [-0.4, -0.2) is 11.1 Å². The molecule has 3 aromatic carbocycles. The second-order valence-corrected chi connectivity index (χ2v) is 9.03. The number of nitrogens with one attached hydrogen (secondary N) is 2. The maximum Gasteiger partial charge on any atom is 0.328 e. The van der Waals surface area contributed by atoms with Crippen LogP contribution in [0.3, 0.4) is 0 Å². The Morgan fingerprint density at radius 1 is 1.03 bits per heavy atom. The number of benzene rings is 3.